The molecule has 0 saturated heterocycles. The van der Waals surface area contributed by atoms with E-state index in [-0.39, 0.29) is 0 Å². The van der Waals surface area contributed by atoms with Crippen LogP contribution in [-0.2, 0) is 0 Å². The lowest BCUT2D eigenvalue weighted by Crippen LogP contribution is -1.93. The van der Waals surface area contributed by atoms with E-state index in [2.05, 4.69) is 21.2 Å². The highest BCUT2D eigenvalue weighted by atomic mass is 16.5. The van der Waals surface area contributed by atoms with Gasteiger partial charge < -0.3 is 9.26 Å². The van der Waals surface area contributed by atoms with Gasteiger partial charge >= 0.3 is 0 Å². The summed E-state index contributed by atoms with van der Waals surface area (Å²) < 4.78 is 10.8. The maximum atomic E-state index is 9.14. The van der Waals surface area contributed by atoms with Crippen LogP contribution in [0.2, 0.25) is 0 Å². The van der Waals surface area contributed by atoms with Crippen LogP contribution in [0.1, 0.15) is 18.3 Å². The maximum Gasteiger partial charge on any atom is 0.258 e. The number of allylic oxidation sites excluding steroid dienone is 3. The molecular weight excluding hydrogens is 292 g/mol. The number of benzene rings is 1. The third kappa shape index (κ3) is 3.35. The van der Waals surface area contributed by atoms with Gasteiger partial charge in [-0.2, -0.15) is 10.2 Å². The molecule has 2 aromatic rings. The summed E-state index contributed by atoms with van der Waals surface area (Å²) >= 11 is 0. The molecule has 114 valence electrons. The second-order valence-corrected chi connectivity index (χ2v) is 4.78. The van der Waals surface area contributed by atoms with Crippen molar-refractivity contribution in [2.75, 3.05) is 13.2 Å². The normalized spacial score (nSPS) is 13.3. The smallest absolute Gasteiger partial charge is 0.258 e. The van der Waals surface area contributed by atoms with Gasteiger partial charge in [0.05, 0.1) is 24.8 Å². The van der Waals surface area contributed by atoms with Crippen molar-refractivity contribution in [1.82, 2.24) is 10.1 Å². The molecule has 2 heterocycles. The van der Waals surface area contributed by atoms with Crippen LogP contribution < -0.4 is 4.74 Å². The number of aliphatic imine (C=N–C) groups is 1. The van der Waals surface area contributed by atoms with E-state index in [4.69, 9.17) is 14.5 Å². The monoisotopic (exact) mass is 306 g/mol. The highest BCUT2D eigenvalue weighted by Gasteiger charge is 2.14. The van der Waals surface area contributed by atoms with E-state index in [0.717, 1.165) is 5.57 Å². The van der Waals surface area contributed by atoms with Crippen molar-refractivity contribution in [2.24, 2.45) is 4.99 Å². The number of aromatic nitrogens is 2. The van der Waals surface area contributed by atoms with Crippen molar-refractivity contribution in [2.45, 2.75) is 6.92 Å². The Morgan fingerprint density at radius 2 is 2.22 bits per heavy atom. The summed E-state index contributed by atoms with van der Waals surface area (Å²) in [6, 6.07) is 7.26. The molecule has 0 bridgehead atoms. The van der Waals surface area contributed by atoms with E-state index in [0.29, 0.717) is 41.7 Å². The van der Waals surface area contributed by atoms with E-state index < -0.39 is 0 Å². The van der Waals surface area contributed by atoms with Crippen molar-refractivity contribution in [3.05, 3.63) is 47.8 Å². The largest absolute Gasteiger partial charge is 0.494 e. The summed E-state index contributed by atoms with van der Waals surface area (Å²) in [7, 11) is 0. The maximum absolute atomic E-state index is 9.14. The quantitative estimate of drug-likeness (QED) is 0.866. The average molecular weight is 306 g/mol. The third-order valence-electron chi connectivity index (χ3n) is 3.17. The first-order chi connectivity index (χ1) is 11.3. The predicted molar refractivity (Wildman–Crippen MR) is 86.1 cm³/mol. The van der Waals surface area contributed by atoms with Crippen LogP contribution in [0, 0.1) is 11.3 Å². The van der Waals surface area contributed by atoms with Gasteiger partial charge in [-0.25, -0.2) is 0 Å². The zero-order chi connectivity index (χ0) is 16.1. The number of hydrogen-bond acceptors (Lipinski definition) is 6. The second-order valence-electron chi connectivity index (χ2n) is 4.78. The van der Waals surface area contributed by atoms with Crippen LogP contribution in [0.3, 0.4) is 0 Å². The van der Waals surface area contributed by atoms with Crippen molar-refractivity contribution in [3.8, 4) is 23.3 Å². The Kier molecular flexibility index (Phi) is 4.29. The number of hydrogen-bond donors (Lipinski definition) is 0. The summed E-state index contributed by atoms with van der Waals surface area (Å²) in [5.41, 5.74) is 2.00. The predicted octanol–water partition coefficient (Wildman–Crippen LogP) is 3.03. The molecule has 23 heavy (non-hydrogen) atoms. The Morgan fingerprint density at radius 3 is 3.04 bits per heavy atom. The molecule has 0 unspecified atom stereocenters. The molecular formula is C17H14N4O2. The molecule has 1 aliphatic heterocycles. The fourth-order valence-electron chi connectivity index (χ4n) is 2.14. The Labute approximate surface area is 133 Å². The van der Waals surface area contributed by atoms with E-state index in [9.17, 15) is 0 Å². The number of nitriles is 1. The molecule has 6 nitrogen and oxygen atoms in total. The van der Waals surface area contributed by atoms with Gasteiger partial charge in [-0.3, -0.25) is 4.99 Å². The SMILES string of the molecule is CCOc1cc(C#N)cc(-c2nc(C3=CC=CC=NC3)no2)c1. The minimum Gasteiger partial charge on any atom is -0.494 e. The lowest BCUT2D eigenvalue weighted by molar-refractivity contribution is 0.340. The Balaban J connectivity index is 1.95. The fourth-order valence-corrected chi connectivity index (χ4v) is 2.14. The number of ether oxygens (including phenoxy) is 1. The van der Waals surface area contributed by atoms with E-state index in [1.54, 1.807) is 24.4 Å². The molecule has 0 radical (unpaired) electrons. The molecule has 0 amide bonds. The lowest BCUT2D eigenvalue weighted by atomic mass is 10.1. The van der Waals surface area contributed by atoms with Crippen LogP contribution in [0.5, 0.6) is 5.75 Å². The van der Waals surface area contributed by atoms with Crippen LogP contribution in [0.4, 0.5) is 0 Å². The topological polar surface area (TPSA) is 84.3 Å². The van der Waals surface area contributed by atoms with Crippen molar-refractivity contribution in [3.63, 3.8) is 0 Å². The van der Waals surface area contributed by atoms with E-state index >= 15 is 0 Å². The van der Waals surface area contributed by atoms with Crippen molar-refractivity contribution >= 4 is 11.8 Å². The first-order valence-electron chi connectivity index (χ1n) is 7.18. The molecule has 0 fully saturated rings. The van der Waals surface area contributed by atoms with Gasteiger partial charge in [-0.15, -0.1) is 0 Å². The highest BCUT2D eigenvalue weighted by Crippen LogP contribution is 2.26. The van der Waals surface area contributed by atoms with Gasteiger partial charge in [-0.1, -0.05) is 17.3 Å². The second kappa shape index (κ2) is 6.71. The molecule has 6 heteroatoms. The Bertz CT molecular complexity index is 841. The molecule has 0 N–H and O–H groups in total. The Morgan fingerprint density at radius 1 is 1.30 bits per heavy atom. The standard InChI is InChI=1S/C17H14N4O2/c1-2-22-15-8-12(10-18)7-14(9-15)17-20-16(21-23-17)13-5-3-4-6-19-11-13/h3-9H,2,11H2,1H3. The van der Waals surface area contributed by atoms with Crippen molar-refractivity contribution in [1.29, 1.82) is 5.26 Å². The van der Waals surface area contributed by atoms with Gasteiger partial charge in [-0.05, 0) is 31.2 Å². The van der Waals surface area contributed by atoms with E-state index in [1.807, 2.05) is 25.2 Å². The summed E-state index contributed by atoms with van der Waals surface area (Å²) in [5.74, 6) is 1.43. The van der Waals surface area contributed by atoms with Gasteiger partial charge in [0.15, 0.2) is 0 Å². The molecule has 1 aromatic heterocycles. The van der Waals surface area contributed by atoms with Crippen molar-refractivity contribution < 1.29 is 9.26 Å². The summed E-state index contributed by atoms with van der Waals surface area (Å²) in [6.45, 7) is 2.89. The zero-order valence-corrected chi connectivity index (χ0v) is 12.6. The fraction of sp³-hybridized carbons (Fsp3) is 0.176. The van der Waals surface area contributed by atoms with Crippen LogP contribution >= 0.6 is 0 Å². The molecule has 1 aromatic carbocycles. The third-order valence-corrected chi connectivity index (χ3v) is 3.17. The molecule has 0 aliphatic carbocycles. The summed E-state index contributed by atoms with van der Waals surface area (Å²) in [4.78, 5) is 8.62. The lowest BCUT2D eigenvalue weighted by Gasteiger charge is -2.04. The minimum absolute atomic E-state index is 0.344. The van der Waals surface area contributed by atoms with Crippen LogP contribution in [0.25, 0.3) is 17.0 Å². The summed E-state index contributed by atoms with van der Waals surface area (Å²) in [5, 5.41) is 13.1. The molecule has 0 saturated carbocycles. The molecule has 0 spiro atoms. The number of rotatable bonds is 4. The minimum atomic E-state index is 0.344. The zero-order valence-electron chi connectivity index (χ0n) is 12.6. The van der Waals surface area contributed by atoms with Gasteiger partial charge in [0.2, 0.25) is 5.82 Å². The number of nitrogens with zero attached hydrogens (tertiary/aromatic N) is 4. The van der Waals surface area contributed by atoms with Crippen LogP contribution in [0.15, 0.2) is 45.9 Å². The van der Waals surface area contributed by atoms with Gasteiger partial charge in [0.1, 0.15) is 5.75 Å². The van der Waals surface area contributed by atoms with Crippen LogP contribution in [-0.4, -0.2) is 29.5 Å². The van der Waals surface area contributed by atoms with Gasteiger partial charge in [0, 0.05) is 17.4 Å². The summed E-state index contributed by atoms with van der Waals surface area (Å²) in [6.07, 6.45) is 7.36. The molecule has 3 rings (SSSR count). The molecule has 0 atom stereocenters. The molecule has 1 aliphatic rings. The first kappa shape index (κ1) is 14.7. The Hall–Kier alpha value is -3.20. The average Bonchev–Trinajstić information content (AvgIpc) is 2.91. The highest BCUT2D eigenvalue weighted by molar-refractivity contribution is 5.77. The van der Waals surface area contributed by atoms with Gasteiger partial charge in [0.25, 0.3) is 5.89 Å². The van der Waals surface area contributed by atoms with E-state index in [1.165, 1.54) is 0 Å². The first-order valence-corrected chi connectivity index (χ1v) is 7.18.